The number of hydrogen-bond donors (Lipinski definition) is 1. The van der Waals surface area contributed by atoms with Crippen LogP contribution in [0, 0.1) is 20.8 Å². The van der Waals surface area contributed by atoms with Crippen LogP contribution in [0.15, 0.2) is 71.6 Å². The molecule has 0 atom stereocenters. The topological polar surface area (TPSA) is 54.4 Å². The number of aryl methyl sites for hydroxylation is 3. The van der Waals surface area contributed by atoms with Crippen LogP contribution in [-0.4, -0.2) is 42.5 Å². The molecule has 3 aromatic carbocycles. The molecule has 136 valence electrons. The van der Waals surface area contributed by atoms with Gasteiger partial charge in [0.1, 0.15) is 0 Å². The van der Waals surface area contributed by atoms with Crippen LogP contribution >= 0.6 is 7.92 Å². The fourth-order valence-corrected chi connectivity index (χ4v) is 6.40. The first-order valence-electron chi connectivity index (χ1n) is 8.28. The summed E-state index contributed by atoms with van der Waals surface area (Å²) in [5.74, 6) is 0. The maximum absolute atomic E-state index is 11.7. The van der Waals surface area contributed by atoms with Gasteiger partial charge in [-0.2, -0.15) is 8.42 Å². The van der Waals surface area contributed by atoms with Crippen molar-refractivity contribution in [3.05, 3.63) is 83.4 Å². The first-order valence-corrected chi connectivity index (χ1v) is 11.1. The Morgan fingerprint density at radius 3 is 1.59 bits per heavy atom. The summed E-state index contributed by atoms with van der Waals surface area (Å²) in [6.07, 6.45) is 0. The van der Waals surface area contributed by atoms with Crippen molar-refractivity contribution in [3.8, 4) is 0 Å². The van der Waals surface area contributed by atoms with E-state index >= 15 is 0 Å². The molecular weight excluding hydrogens is 386 g/mol. The van der Waals surface area contributed by atoms with Crippen LogP contribution in [0.5, 0.6) is 0 Å². The summed E-state index contributed by atoms with van der Waals surface area (Å²) in [6.45, 7) is 6.13. The average molecular weight is 408 g/mol. The maximum atomic E-state index is 11.7. The minimum atomic E-state index is -4.25. The third-order valence-corrected chi connectivity index (χ3v) is 8.21. The molecule has 1 N–H and O–H groups in total. The van der Waals surface area contributed by atoms with Crippen LogP contribution < -0.4 is 15.9 Å². The summed E-state index contributed by atoms with van der Waals surface area (Å²) >= 11 is 0. The molecule has 3 rings (SSSR count). The van der Waals surface area contributed by atoms with Gasteiger partial charge in [0.25, 0.3) is 10.1 Å². The van der Waals surface area contributed by atoms with Gasteiger partial charge in [-0.3, -0.25) is 4.55 Å². The van der Waals surface area contributed by atoms with Crippen molar-refractivity contribution >= 4 is 63.5 Å². The molecule has 6 heteroatoms. The van der Waals surface area contributed by atoms with E-state index in [9.17, 15) is 13.0 Å². The molecule has 0 bridgehead atoms. The Labute approximate surface area is 184 Å². The first kappa shape index (κ1) is 22.3. The van der Waals surface area contributed by atoms with Crippen molar-refractivity contribution in [2.45, 2.75) is 25.7 Å². The summed E-state index contributed by atoms with van der Waals surface area (Å²) in [5.41, 5.74) is 3.34. The Balaban J connectivity index is 0.00000261. The summed E-state index contributed by atoms with van der Waals surface area (Å²) in [7, 11) is -5.20. The molecule has 3 aromatic rings. The van der Waals surface area contributed by atoms with Gasteiger partial charge in [0, 0.05) is 0 Å². The Morgan fingerprint density at radius 1 is 0.704 bits per heavy atom. The minimum absolute atomic E-state index is 0. The fraction of sp³-hybridized carbons (Fsp3) is 0.143. The molecule has 0 aliphatic carbocycles. The van der Waals surface area contributed by atoms with Gasteiger partial charge in [0.05, 0.1) is 4.90 Å². The average Bonchev–Trinajstić information content (AvgIpc) is 2.59. The first-order chi connectivity index (χ1) is 12.3. The van der Waals surface area contributed by atoms with Crippen LogP contribution in [-0.2, 0) is 10.1 Å². The summed E-state index contributed by atoms with van der Waals surface area (Å²) in [4.78, 5) is -0.0623. The normalized spacial score (nSPS) is 11.3. The molecule has 0 saturated heterocycles. The summed E-state index contributed by atoms with van der Waals surface area (Å²) < 4.78 is 32.9. The van der Waals surface area contributed by atoms with E-state index in [0.29, 0.717) is 0 Å². The molecule has 0 aliphatic rings. The number of benzene rings is 3. The van der Waals surface area contributed by atoms with Gasteiger partial charge in [0.2, 0.25) is 0 Å². The summed E-state index contributed by atoms with van der Waals surface area (Å²) in [6, 6.07) is 21.2. The van der Waals surface area contributed by atoms with E-state index in [1.165, 1.54) is 27.8 Å². The van der Waals surface area contributed by atoms with Crippen LogP contribution in [0.25, 0.3) is 0 Å². The Bertz CT molecular complexity index is 1020. The third kappa shape index (κ3) is 4.89. The van der Waals surface area contributed by atoms with Gasteiger partial charge < -0.3 is 0 Å². The molecular formula is C21H22NaO3PS. The van der Waals surface area contributed by atoms with Crippen LogP contribution in [0.3, 0.4) is 0 Å². The zero-order valence-corrected chi connectivity index (χ0v) is 16.7. The summed E-state index contributed by atoms with van der Waals surface area (Å²) in [5, 5.41) is 3.32. The van der Waals surface area contributed by atoms with Crippen LogP contribution in [0.1, 0.15) is 16.7 Å². The molecule has 0 saturated carbocycles. The molecule has 0 spiro atoms. The zero-order chi connectivity index (χ0) is 18.9. The van der Waals surface area contributed by atoms with Crippen molar-refractivity contribution in [2.75, 3.05) is 0 Å². The van der Waals surface area contributed by atoms with Gasteiger partial charge in [-0.1, -0.05) is 54.6 Å². The second kappa shape index (κ2) is 9.00. The molecule has 0 unspecified atom stereocenters. The van der Waals surface area contributed by atoms with E-state index in [2.05, 4.69) is 38.1 Å². The Kier molecular flexibility index (Phi) is 7.43. The van der Waals surface area contributed by atoms with Gasteiger partial charge in [-0.05, 0) is 73.4 Å². The molecule has 0 fully saturated rings. The second-order valence-corrected chi connectivity index (χ2v) is 9.87. The number of rotatable bonds is 4. The molecule has 0 amide bonds. The van der Waals surface area contributed by atoms with E-state index in [1.54, 1.807) is 12.1 Å². The van der Waals surface area contributed by atoms with Gasteiger partial charge in [-0.25, -0.2) is 0 Å². The van der Waals surface area contributed by atoms with E-state index < -0.39 is 18.0 Å². The van der Waals surface area contributed by atoms with Crippen molar-refractivity contribution in [1.82, 2.24) is 0 Å². The Hall–Kier alpha value is -1.000. The second-order valence-electron chi connectivity index (χ2n) is 6.33. The standard InChI is InChI=1S/C21H21O3PS.Na.H/c1-15-8-4-6-10-19(15)25(20-11-7-5-9-16(20)2)21-14-18(26(22,23)24)13-12-17(21)3;;/h4-14H,1-3H3,(H,22,23,24);;. The van der Waals surface area contributed by atoms with Crippen molar-refractivity contribution in [2.24, 2.45) is 0 Å². The van der Waals surface area contributed by atoms with Gasteiger partial charge in [0.15, 0.2) is 0 Å². The van der Waals surface area contributed by atoms with Gasteiger partial charge in [-0.15, -0.1) is 0 Å². The van der Waals surface area contributed by atoms with Gasteiger partial charge >= 0.3 is 29.6 Å². The molecule has 0 heterocycles. The predicted octanol–water partition coefficient (Wildman–Crippen LogP) is 2.97. The van der Waals surface area contributed by atoms with E-state index in [0.717, 1.165) is 10.9 Å². The molecule has 0 radical (unpaired) electrons. The number of hydrogen-bond acceptors (Lipinski definition) is 2. The van der Waals surface area contributed by atoms with Crippen LogP contribution in [0.4, 0.5) is 0 Å². The third-order valence-electron chi connectivity index (χ3n) is 4.43. The van der Waals surface area contributed by atoms with E-state index in [4.69, 9.17) is 0 Å². The van der Waals surface area contributed by atoms with Crippen molar-refractivity contribution in [1.29, 1.82) is 0 Å². The van der Waals surface area contributed by atoms with Crippen molar-refractivity contribution in [3.63, 3.8) is 0 Å². The molecule has 0 aromatic heterocycles. The Morgan fingerprint density at radius 2 is 1.15 bits per heavy atom. The molecule has 27 heavy (non-hydrogen) atoms. The van der Waals surface area contributed by atoms with Crippen molar-refractivity contribution < 1.29 is 13.0 Å². The van der Waals surface area contributed by atoms with Crippen LogP contribution in [0.2, 0.25) is 0 Å². The fourth-order valence-electron chi connectivity index (χ4n) is 3.01. The zero-order valence-electron chi connectivity index (χ0n) is 15.0. The quantitative estimate of drug-likeness (QED) is 0.410. The monoisotopic (exact) mass is 408 g/mol. The van der Waals surface area contributed by atoms with E-state index in [-0.39, 0.29) is 34.5 Å². The molecule has 0 aliphatic heterocycles. The van der Waals surface area contributed by atoms with E-state index in [1.807, 2.05) is 31.2 Å². The predicted molar refractivity (Wildman–Crippen MR) is 116 cm³/mol. The molecule has 3 nitrogen and oxygen atoms in total. The SMILES string of the molecule is Cc1ccccc1P(c1ccccc1C)c1cc(S(=O)(=O)O)ccc1C.[NaH].